The van der Waals surface area contributed by atoms with Crippen LogP contribution >= 0.6 is 0 Å². The summed E-state index contributed by atoms with van der Waals surface area (Å²) in [5, 5.41) is 0. The van der Waals surface area contributed by atoms with Crippen molar-refractivity contribution in [3.8, 4) is 0 Å². The molecule has 0 amide bonds. The van der Waals surface area contributed by atoms with Gasteiger partial charge in [-0.3, -0.25) is 14.7 Å². The van der Waals surface area contributed by atoms with Crippen molar-refractivity contribution in [3.05, 3.63) is 30.1 Å². The molecule has 0 saturated carbocycles. The third-order valence-corrected chi connectivity index (χ3v) is 3.32. The number of rotatable bonds is 4. The SMILES string of the molecule is COC(=O)C1(C(c2ccccn2)N(C)C)COC1. The van der Waals surface area contributed by atoms with Crippen LogP contribution in [-0.2, 0) is 14.3 Å². The van der Waals surface area contributed by atoms with Crippen LogP contribution in [-0.4, -0.2) is 50.3 Å². The summed E-state index contributed by atoms with van der Waals surface area (Å²) in [6, 6.07) is 5.56. The predicted molar refractivity (Wildman–Crippen MR) is 65.9 cm³/mol. The number of aromatic nitrogens is 1. The molecule has 1 unspecified atom stereocenters. The van der Waals surface area contributed by atoms with Gasteiger partial charge in [0.05, 0.1) is 32.1 Å². The predicted octanol–water partition coefficient (Wildman–Crippen LogP) is 0.874. The van der Waals surface area contributed by atoms with E-state index in [0.29, 0.717) is 13.2 Å². The minimum Gasteiger partial charge on any atom is -0.468 e. The summed E-state index contributed by atoms with van der Waals surface area (Å²) in [6.07, 6.45) is 1.73. The number of hydrogen-bond donors (Lipinski definition) is 0. The molecule has 1 aromatic heterocycles. The number of carbonyl (C=O) groups excluding carboxylic acids is 1. The van der Waals surface area contributed by atoms with E-state index in [1.165, 1.54) is 7.11 Å². The number of carbonyl (C=O) groups is 1. The van der Waals surface area contributed by atoms with Gasteiger partial charge in [0, 0.05) is 6.20 Å². The van der Waals surface area contributed by atoms with E-state index in [9.17, 15) is 4.79 Å². The standard InChI is InChI=1S/C13H18N2O3/c1-15(2)11(10-6-4-5-7-14-10)13(8-18-9-13)12(16)17-3/h4-7,11H,8-9H2,1-3H3. The summed E-state index contributed by atoms with van der Waals surface area (Å²) in [5.41, 5.74) is 0.211. The Balaban J connectivity index is 2.39. The summed E-state index contributed by atoms with van der Waals surface area (Å²) in [6.45, 7) is 0.748. The molecule has 0 bridgehead atoms. The second-order valence-electron chi connectivity index (χ2n) is 4.76. The Morgan fingerprint density at radius 1 is 1.50 bits per heavy atom. The molecule has 5 heteroatoms. The fourth-order valence-electron chi connectivity index (χ4n) is 2.49. The average molecular weight is 250 g/mol. The lowest BCUT2D eigenvalue weighted by Gasteiger charge is -2.46. The molecule has 0 N–H and O–H groups in total. The normalized spacial score (nSPS) is 19.1. The van der Waals surface area contributed by atoms with Gasteiger partial charge in [0.25, 0.3) is 0 Å². The van der Waals surface area contributed by atoms with Gasteiger partial charge in [-0.15, -0.1) is 0 Å². The molecule has 98 valence electrons. The molecule has 2 heterocycles. The van der Waals surface area contributed by atoms with Crippen LogP contribution in [0.15, 0.2) is 24.4 Å². The maximum Gasteiger partial charge on any atom is 0.318 e. The molecule has 1 aromatic rings. The van der Waals surface area contributed by atoms with Crippen molar-refractivity contribution in [2.24, 2.45) is 5.41 Å². The van der Waals surface area contributed by atoms with Crippen LogP contribution in [0.4, 0.5) is 0 Å². The molecule has 0 aromatic carbocycles. The first-order valence-electron chi connectivity index (χ1n) is 5.85. The molecule has 0 aliphatic carbocycles. The summed E-state index contributed by atoms with van der Waals surface area (Å²) in [4.78, 5) is 18.4. The zero-order valence-electron chi connectivity index (χ0n) is 10.9. The Morgan fingerprint density at radius 3 is 2.61 bits per heavy atom. The topological polar surface area (TPSA) is 51.7 Å². The molecule has 0 radical (unpaired) electrons. The number of hydrogen-bond acceptors (Lipinski definition) is 5. The van der Waals surface area contributed by atoms with Crippen LogP contribution < -0.4 is 0 Å². The summed E-state index contributed by atoms with van der Waals surface area (Å²) in [7, 11) is 5.28. The van der Waals surface area contributed by atoms with E-state index < -0.39 is 5.41 Å². The molecule has 18 heavy (non-hydrogen) atoms. The maximum atomic E-state index is 12.1. The van der Waals surface area contributed by atoms with Crippen molar-refractivity contribution in [1.82, 2.24) is 9.88 Å². The van der Waals surface area contributed by atoms with Gasteiger partial charge in [0.1, 0.15) is 5.41 Å². The number of esters is 1. The first kappa shape index (κ1) is 13.0. The Hall–Kier alpha value is -1.46. The molecule has 1 atom stereocenters. The molecular weight excluding hydrogens is 232 g/mol. The fraction of sp³-hybridized carbons (Fsp3) is 0.538. The quantitative estimate of drug-likeness (QED) is 0.742. The second kappa shape index (κ2) is 5.04. The van der Waals surface area contributed by atoms with Gasteiger partial charge >= 0.3 is 5.97 Å². The van der Waals surface area contributed by atoms with Crippen LogP contribution in [0, 0.1) is 5.41 Å². The Kier molecular flexibility index (Phi) is 3.63. The van der Waals surface area contributed by atoms with Gasteiger partial charge in [-0.25, -0.2) is 0 Å². The highest BCUT2D eigenvalue weighted by molar-refractivity contribution is 5.79. The third-order valence-electron chi connectivity index (χ3n) is 3.32. The molecular formula is C13H18N2O3. The van der Waals surface area contributed by atoms with Gasteiger partial charge in [0.15, 0.2) is 0 Å². The number of pyridine rings is 1. The van der Waals surface area contributed by atoms with Crippen molar-refractivity contribution in [2.45, 2.75) is 6.04 Å². The first-order valence-corrected chi connectivity index (χ1v) is 5.85. The van der Waals surface area contributed by atoms with E-state index in [0.717, 1.165) is 5.69 Å². The maximum absolute atomic E-state index is 12.1. The molecule has 0 spiro atoms. The fourth-order valence-corrected chi connectivity index (χ4v) is 2.49. The molecule has 5 nitrogen and oxygen atoms in total. The van der Waals surface area contributed by atoms with Gasteiger partial charge in [-0.05, 0) is 26.2 Å². The first-order chi connectivity index (χ1) is 8.62. The Labute approximate surface area is 107 Å². The zero-order valence-corrected chi connectivity index (χ0v) is 10.9. The van der Waals surface area contributed by atoms with Crippen LogP contribution in [0.2, 0.25) is 0 Å². The second-order valence-corrected chi connectivity index (χ2v) is 4.76. The van der Waals surface area contributed by atoms with Crippen molar-refractivity contribution in [2.75, 3.05) is 34.4 Å². The van der Waals surface area contributed by atoms with Gasteiger partial charge in [0.2, 0.25) is 0 Å². The number of ether oxygens (including phenoxy) is 2. The molecule has 1 aliphatic heterocycles. The largest absolute Gasteiger partial charge is 0.468 e. The van der Waals surface area contributed by atoms with Crippen LogP contribution in [0.5, 0.6) is 0 Å². The lowest BCUT2D eigenvalue weighted by Crippen LogP contribution is -2.57. The molecule has 1 fully saturated rings. The summed E-state index contributed by atoms with van der Waals surface area (Å²) >= 11 is 0. The van der Waals surface area contributed by atoms with E-state index in [1.54, 1.807) is 6.20 Å². The highest BCUT2D eigenvalue weighted by Gasteiger charge is 2.55. The van der Waals surface area contributed by atoms with Gasteiger partial charge in [-0.1, -0.05) is 6.07 Å². The van der Waals surface area contributed by atoms with E-state index in [1.807, 2.05) is 37.2 Å². The summed E-state index contributed by atoms with van der Waals surface area (Å²) in [5.74, 6) is -0.238. The zero-order chi connectivity index (χ0) is 13.2. The van der Waals surface area contributed by atoms with E-state index >= 15 is 0 Å². The number of methoxy groups -OCH3 is 1. The highest BCUT2D eigenvalue weighted by Crippen LogP contribution is 2.43. The Bertz CT molecular complexity index is 416. The van der Waals surface area contributed by atoms with Gasteiger partial charge in [-0.2, -0.15) is 0 Å². The smallest absolute Gasteiger partial charge is 0.318 e. The minimum atomic E-state index is -0.646. The summed E-state index contributed by atoms with van der Waals surface area (Å²) < 4.78 is 10.2. The van der Waals surface area contributed by atoms with Crippen LogP contribution in [0.25, 0.3) is 0 Å². The molecule has 1 aliphatic rings. The third kappa shape index (κ3) is 2.00. The van der Waals surface area contributed by atoms with Crippen molar-refractivity contribution >= 4 is 5.97 Å². The van der Waals surface area contributed by atoms with Crippen LogP contribution in [0.3, 0.4) is 0 Å². The van der Waals surface area contributed by atoms with Crippen molar-refractivity contribution in [3.63, 3.8) is 0 Å². The average Bonchev–Trinajstić information content (AvgIpc) is 2.33. The highest BCUT2D eigenvalue weighted by atomic mass is 16.5. The van der Waals surface area contributed by atoms with Crippen molar-refractivity contribution in [1.29, 1.82) is 0 Å². The van der Waals surface area contributed by atoms with E-state index in [-0.39, 0.29) is 12.0 Å². The number of nitrogens with zero attached hydrogens (tertiary/aromatic N) is 2. The molecule has 1 saturated heterocycles. The van der Waals surface area contributed by atoms with Crippen LogP contribution in [0.1, 0.15) is 11.7 Å². The minimum absolute atomic E-state index is 0.139. The Morgan fingerprint density at radius 2 is 2.22 bits per heavy atom. The lowest BCUT2D eigenvalue weighted by atomic mass is 9.76. The monoisotopic (exact) mass is 250 g/mol. The molecule has 2 rings (SSSR count). The van der Waals surface area contributed by atoms with Crippen molar-refractivity contribution < 1.29 is 14.3 Å². The van der Waals surface area contributed by atoms with E-state index in [2.05, 4.69) is 4.98 Å². The van der Waals surface area contributed by atoms with Gasteiger partial charge < -0.3 is 9.47 Å². The lowest BCUT2D eigenvalue weighted by molar-refractivity contribution is -0.197. The van der Waals surface area contributed by atoms with E-state index in [4.69, 9.17) is 9.47 Å².